The molecule has 0 aliphatic carbocycles. The fraction of sp³-hybridized carbons (Fsp3) is 1.00. The molecule has 0 spiro atoms. The number of rotatable bonds is 2. The van der Waals surface area contributed by atoms with Crippen LogP contribution in [0.2, 0.25) is 0 Å². The van der Waals surface area contributed by atoms with Gasteiger partial charge in [0.25, 0.3) is 0 Å². The number of nitrogens with one attached hydrogen (secondary N) is 2. The monoisotopic (exact) mass is 186 g/mol. The summed E-state index contributed by atoms with van der Waals surface area (Å²) in [6.07, 6.45) is 0. The first-order valence-corrected chi connectivity index (χ1v) is 2.47. The number of hydrogen-bond donors (Lipinski definition) is 2. The van der Waals surface area contributed by atoms with Crippen molar-refractivity contribution in [2.45, 2.75) is 0 Å². The van der Waals surface area contributed by atoms with Crippen LogP contribution in [-0.4, -0.2) is 13.7 Å². The zero-order chi connectivity index (χ0) is 4.12. The summed E-state index contributed by atoms with van der Waals surface area (Å²) in [6, 6.07) is 0. The van der Waals surface area contributed by atoms with Crippen molar-refractivity contribution in [3.63, 3.8) is 0 Å². The average Bonchev–Trinajstić information content (AvgIpc) is 1.41. The van der Waals surface area contributed by atoms with Gasteiger partial charge < -0.3 is 5.32 Å². The van der Waals surface area contributed by atoms with E-state index in [2.05, 4.69) is 31.7 Å². The van der Waals surface area contributed by atoms with E-state index in [1.165, 1.54) is 0 Å². The van der Waals surface area contributed by atoms with Crippen molar-refractivity contribution < 1.29 is 0 Å². The maximum absolute atomic E-state index is 2.90. The molecule has 0 unspecified atom stereocenters. The first kappa shape index (κ1) is 5.65. The first-order chi connectivity index (χ1) is 2.41. The van der Waals surface area contributed by atoms with E-state index < -0.39 is 0 Å². The second-order valence-corrected chi connectivity index (χ2v) is 1.43. The summed E-state index contributed by atoms with van der Waals surface area (Å²) >= 11 is 2.07. The van der Waals surface area contributed by atoms with E-state index in [0.717, 1.165) is 6.67 Å². The topological polar surface area (TPSA) is 24.1 Å². The Morgan fingerprint density at radius 1 is 1.80 bits per heavy atom. The molecule has 0 aliphatic rings. The second kappa shape index (κ2) is 4.65. The van der Waals surface area contributed by atoms with Crippen molar-refractivity contribution in [2.24, 2.45) is 0 Å². The van der Waals surface area contributed by atoms with Crippen LogP contribution in [0.25, 0.3) is 0 Å². The summed E-state index contributed by atoms with van der Waals surface area (Å²) in [6.45, 7) is 0.876. The van der Waals surface area contributed by atoms with Gasteiger partial charge in [-0.25, -0.2) is 3.53 Å². The lowest BCUT2D eigenvalue weighted by Crippen LogP contribution is -2.16. The Labute approximate surface area is 45.8 Å². The lowest BCUT2D eigenvalue weighted by atomic mass is 11.1. The lowest BCUT2D eigenvalue weighted by Gasteiger charge is -1.86. The molecule has 0 saturated heterocycles. The predicted molar refractivity (Wildman–Crippen MR) is 31.1 cm³/mol. The van der Waals surface area contributed by atoms with Gasteiger partial charge in [0.05, 0.1) is 6.67 Å². The lowest BCUT2D eigenvalue weighted by molar-refractivity contribution is 0.807. The molecule has 0 heterocycles. The minimum Gasteiger partial charge on any atom is -0.307 e. The van der Waals surface area contributed by atoms with Gasteiger partial charge in [0.2, 0.25) is 0 Å². The molecule has 0 aliphatic heterocycles. The third-order valence-electron chi connectivity index (χ3n) is 0.244. The Morgan fingerprint density at radius 2 is 2.40 bits per heavy atom. The minimum atomic E-state index is 0.876. The van der Waals surface area contributed by atoms with Crippen LogP contribution in [0.15, 0.2) is 0 Å². The van der Waals surface area contributed by atoms with Gasteiger partial charge in [0.15, 0.2) is 0 Å². The molecule has 0 rings (SSSR count). The van der Waals surface area contributed by atoms with Gasteiger partial charge in [-0.1, -0.05) is 0 Å². The van der Waals surface area contributed by atoms with Crippen LogP contribution in [0.5, 0.6) is 0 Å². The van der Waals surface area contributed by atoms with E-state index in [-0.39, 0.29) is 0 Å². The van der Waals surface area contributed by atoms with E-state index >= 15 is 0 Å². The van der Waals surface area contributed by atoms with E-state index in [1.54, 1.807) is 0 Å². The minimum absolute atomic E-state index is 0.876. The normalized spacial score (nSPS) is 8.40. The molecule has 0 aromatic carbocycles. The summed E-state index contributed by atoms with van der Waals surface area (Å²) in [5.74, 6) is 0. The van der Waals surface area contributed by atoms with Gasteiger partial charge in [-0.3, -0.25) is 0 Å². The third kappa shape index (κ3) is 4.65. The van der Waals surface area contributed by atoms with Crippen LogP contribution < -0.4 is 8.85 Å². The number of hydrogen-bond acceptors (Lipinski definition) is 2. The largest absolute Gasteiger partial charge is 0.307 e. The van der Waals surface area contributed by atoms with E-state index in [4.69, 9.17) is 0 Å². The van der Waals surface area contributed by atoms with Crippen LogP contribution >= 0.6 is 22.9 Å². The Morgan fingerprint density at radius 3 is 2.40 bits per heavy atom. The standard InChI is InChI=1S/C2H7IN2/c1-4-2-5-3/h4-5H,2H2,1H3. The summed E-state index contributed by atoms with van der Waals surface area (Å²) in [7, 11) is 1.89. The number of halogens is 1. The van der Waals surface area contributed by atoms with E-state index in [1.807, 2.05) is 7.05 Å². The van der Waals surface area contributed by atoms with E-state index in [0.29, 0.717) is 0 Å². The van der Waals surface area contributed by atoms with Crippen LogP contribution in [0.1, 0.15) is 0 Å². The van der Waals surface area contributed by atoms with Crippen molar-refractivity contribution in [3.8, 4) is 0 Å². The highest BCUT2D eigenvalue weighted by Gasteiger charge is 1.62. The summed E-state index contributed by atoms with van der Waals surface area (Å²) < 4.78 is 2.88. The summed E-state index contributed by atoms with van der Waals surface area (Å²) in [5, 5.41) is 2.90. The fourth-order valence-electron chi connectivity index (χ4n) is 0.0668. The van der Waals surface area contributed by atoms with Crippen molar-refractivity contribution in [3.05, 3.63) is 0 Å². The summed E-state index contributed by atoms with van der Waals surface area (Å²) in [4.78, 5) is 0. The maximum Gasteiger partial charge on any atom is 0.0542 e. The molecule has 0 amide bonds. The maximum atomic E-state index is 2.90. The van der Waals surface area contributed by atoms with Gasteiger partial charge in [-0.2, -0.15) is 0 Å². The van der Waals surface area contributed by atoms with Crippen molar-refractivity contribution in [1.29, 1.82) is 0 Å². The molecule has 0 aromatic heterocycles. The molecule has 2 N–H and O–H groups in total. The van der Waals surface area contributed by atoms with Crippen LogP contribution in [0, 0.1) is 0 Å². The molecule has 0 atom stereocenters. The molecule has 0 aromatic rings. The van der Waals surface area contributed by atoms with Crippen LogP contribution in [0.3, 0.4) is 0 Å². The quantitative estimate of drug-likeness (QED) is 0.363. The smallest absolute Gasteiger partial charge is 0.0542 e. The summed E-state index contributed by atoms with van der Waals surface area (Å²) in [5.41, 5.74) is 0. The van der Waals surface area contributed by atoms with E-state index in [9.17, 15) is 0 Å². The molecule has 2 nitrogen and oxygen atoms in total. The highest BCUT2D eigenvalue weighted by Crippen LogP contribution is 1.58. The van der Waals surface area contributed by atoms with Crippen molar-refractivity contribution >= 4 is 22.9 Å². The highest BCUT2D eigenvalue weighted by atomic mass is 127. The zero-order valence-electron chi connectivity index (χ0n) is 3.09. The molecule has 3 heteroatoms. The van der Waals surface area contributed by atoms with Gasteiger partial charge in [0.1, 0.15) is 0 Å². The van der Waals surface area contributed by atoms with Gasteiger partial charge in [-0.05, 0) is 7.05 Å². The van der Waals surface area contributed by atoms with Gasteiger partial charge in [0, 0.05) is 22.9 Å². The molecule has 0 fully saturated rings. The average molecular weight is 186 g/mol. The van der Waals surface area contributed by atoms with Crippen LogP contribution in [0.4, 0.5) is 0 Å². The molecule has 0 radical (unpaired) electrons. The Bertz CT molecular complexity index is 15.1. The molecule has 5 heavy (non-hydrogen) atoms. The zero-order valence-corrected chi connectivity index (χ0v) is 5.24. The van der Waals surface area contributed by atoms with Gasteiger partial charge in [-0.15, -0.1) is 0 Å². The molecular weight excluding hydrogens is 179 g/mol. The molecular formula is C2H7IN2. The second-order valence-electron chi connectivity index (χ2n) is 0.664. The molecule has 0 bridgehead atoms. The Balaban J connectivity index is 2.19. The first-order valence-electron chi connectivity index (χ1n) is 1.40. The molecule has 32 valence electrons. The van der Waals surface area contributed by atoms with Crippen molar-refractivity contribution in [2.75, 3.05) is 13.7 Å². The fourth-order valence-corrected chi connectivity index (χ4v) is 0.448. The SMILES string of the molecule is CNCNI. The predicted octanol–water partition coefficient (Wildman–Crippen LogP) is 0.103. The Hall–Kier alpha value is 0.650. The van der Waals surface area contributed by atoms with Crippen molar-refractivity contribution in [1.82, 2.24) is 8.85 Å². The van der Waals surface area contributed by atoms with Gasteiger partial charge >= 0.3 is 0 Å². The highest BCUT2D eigenvalue weighted by molar-refractivity contribution is 14.1. The Kier molecular flexibility index (Phi) is 5.25. The van der Waals surface area contributed by atoms with Crippen LogP contribution in [-0.2, 0) is 0 Å². The molecule has 0 saturated carbocycles. The third-order valence-corrected chi connectivity index (χ3v) is 0.625.